The van der Waals surface area contributed by atoms with Crippen molar-refractivity contribution in [1.82, 2.24) is 4.98 Å². The summed E-state index contributed by atoms with van der Waals surface area (Å²) >= 11 is 3.32. The number of hydrogen-bond acceptors (Lipinski definition) is 4. The molecule has 0 aliphatic carbocycles. The number of aromatic nitrogens is 1. The maximum absolute atomic E-state index is 11.7. The normalized spacial score (nSPS) is 17.1. The number of anilines is 2. The van der Waals surface area contributed by atoms with Crippen molar-refractivity contribution in [2.75, 3.05) is 36.5 Å². The largest absolute Gasteiger partial charge is 0.378 e. The van der Waals surface area contributed by atoms with E-state index in [1.54, 1.807) is 6.20 Å². The molecule has 19 heavy (non-hydrogen) atoms. The van der Waals surface area contributed by atoms with Crippen molar-refractivity contribution in [3.05, 3.63) is 18.3 Å². The second-order valence-corrected chi connectivity index (χ2v) is 5.47. The molecule has 1 aliphatic rings. The number of carbonyl (C=O) groups excluding carboxylic acids is 1. The molecule has 1 N–H and O–H groups in total. The van der Waals surface area contributed by atoms with E-state index in [-0.39, 0.29) is 10.7 Å². The van der Waals surface area contributed by atoms with E-state index in [9.17, 15) is 4.79 Å². The molecule has 5 nitrogen and oxygen atoms in total. The Morgan fingerprint density at radius 2 is 2.26 bits per heavy atom. The molecule has 1 aliphatic heterocycles. The molecule has 0 radical (unpaired) electrons. The zero-order valence-electron chi connectivity index (χ0n) is 10.9. The van der Waals surface area contributed by atoms with E-state index < -0.39 is 0 Å². The molecule has 1 atom stereocenters. The molecule has 1 fully saturated rings. The van der Waals surface area contributed by atoms with Gasteiger partial charge in [0.15, 0.2) is 0 Å². The highest BCUT2D eigenvalue weighted by molar-refractivity contribution is 9.10. The van der Waals surface area contributed by atoms with Crippen LogP contribution in [0.4, 0.5) is 11.5 Å². The van der Waals surface area contributed by atoms with Crippen molar-refractivity contribution in [1.29, 1.82) is 0 Å². The summed E-state index contributed by atoms with van der Waals surface area (Å²) in [6.07, 6.45) is 2.45. The van der Waals surface area contributed by atoms with E-state index in [1.807, 2.05) is 19.1 Å². The molecule has 6 heteroatoms. The molecule has 1 unspecified atom stereocenters. The molecule has 2 rings (SSSR count). The third-order valence-corrected chi connectivity index (χ3v) is 4.06. The Bertz CT molecular complexity index is 418. The summed E-state index contributed by atoms with van der Waals surface area (Å²) in [5, 5.41) is 2.83. The Hall–Kier alpha value is -1.14. The number of pyridine rings is 1. The van der Waals surface area contributed by atoms with Gasteiger partial charge in [-0.2, -0.15) is 0 Å². The standard InChI is InChI=1S/C13H18BrN3O2/c1-2-11(14)13(18)16-10-3-4-12(15-9-10)17-5-7-19-8-6-17/h3-4,9,11H,2,5-8H2,1H3,(H,16,18). The molecule has 0 aromatic carbocycles. The van der Waals surface area contributed by atoms with Crippen LogP contribution in [0.25, 0.3) is 0 Å². The lowest BCUT2D eigenvalue weighted by Gasteiger charge is -2.27. The summed E-state index contributed by atoms with van der Waals surface area (Å²) in [5.74, 6) is 0.885. The first-order valence-corrected chi connectivity index (χ1v) is 7.36. The SMILES string of the molecule is CCC(Br)C(=O)Nc1ccc(N2CCOCC2)nc1. The van der Waals surface area contributed by atoms with Gasteiger partial charge >= 0.3 is 0 Å². The monoisotopic (exact) mass is 327 g/mol. The minimum absolute atomic E-state index is 0.0385. The van der Waals surface area contributed by atoms with Crippen LogP contribution in [0, 0.1) is 0 Å². The van der Waals surface area contributed by atoms with E-state index in [1.165, 1.54) is 0 Å². The Morgan fingerprint density at radius 3 is 2.84 bits per heavy atom. The predicted octanol–water partition coefficient (Wildman–Crippen LogP) is 2.03. The minimum Gasteiger partial charge on any atom is -0.378 e. The number of amides is 1. The molecule has 1 amide bonds. The topological polar surface area (TPSA) is 54.5 Å². The molecule has 0 spiro atoms. The van der Waals surface area contributed by atoms with Crippen molar-refractivity contribution >= 4 is 33.3 Å². The van der Waals surface area contributed by atoms with Crippen LogP contribution in [0.5, 0.6) is 0 Å². The van der Waals surface area contributed by atoms with Crippen LogP contribution in [-0.4, -0.2) is 42.0 Å². The van der Waals surface area contributed by atoms with Gasteiger partial charge in [0.1, 0.15) is 5.82 Å². The van der Waals surface area contributed by atoms with Crippen molar-refractivity contribution in [3.63, 3.8) is 0 Å². The van der Waals surface area contributed by atoms with Gasteiger partial charge in [0.25, 0.3) is 0 Å². The van der Waals surface area contributed by atoms with Crippen LogP contribution in [0.1, 0.15) is 13.3 Å². The lowest BCUT2D eigenvalue weighted by atomic mass is 10.3. The highest BCUT2D eigenvalue weighted by Gasteiger charge is 2.14. The summed E-state index contributed by atoms with van der Waals surface area (Å²) in [6.45, 7) is 5.15. The highest BCUT2D eigenvalue weighted by Crippen LogP contribution is 2.16. The van der Waals surface area contributed by atoms with E-state index in [2.05, 4.69) is 31.1 Å². The van der Waals surface area contributed by atoms with Crippen molar-refractivity contribution < 1.29 is 9.53 Å². The first-order valence-electron chi connectivity index (χ1n) is 6.44. The van der Waals surface area contributed by atoms with Gasteiger partial charge in [-0.25, -0.2) is 4.98 Å². The average molecular weight is 328 g/mol. The third kappa shape index (κ3) is 3.91. The molecule has 1 aromatic rings. The number of rotatable bonds is 4. The number of hydrogen-bond donors (Lipinski definition) is 1. The van der Waals surface area contributed by atoms with Crippen molar-refractivity contribution in [3.8, 4) is 0 Å². The summed E-state index contributed by atoms with van der Waals surface area (Å²) in [6, 6.07) is 3.81. The lowest BCUT2D eigenvalue weighted by Crippen LogP contribution is -2.36. The maximum Gasteiger partial charge on any atom is 0.238 e. The number of carbonyl (C=O) groups is 1. The number of morpholine rings is 1. The molecule has 2 heterocycles. The fourth-order valence-electron chi connectivity index (χ4n) is 1.85. The summed E-state index contributed by atoms with van der Waals surface area (Å²) in [4.78, 5) is 18.1. The minimum atomic E-state index is -0.161. The Morgan fingerprint density at radius 1 is 1.53 bits per heavy atom. The number of ether oxygens (including phenoxy) is 1. The van der Waals surface area contributed by atoms with Gasteiger partial charge in [0.05, 0.1) is 29.9 Å². The summed E-state index contributed by atoms with van der Waals surface area (Å²) in [5.41, 5.74) is 0.722. The summed E-state index contributed by atoms with van der Waals surface area (Å²) in [7, 11) is 0. The highest BCUT2D eigenvalue weighted by atomic mass is 79.9. The van der Waals surface area contributed by atoms with E-state index >= 15 is 0 Å². The molecule has 0 saturated carbocycles. The number of nitrogens with one attached hydrogen (secondary N) is 1. The van der Waals surface area contributed by atoms with Crippen molar-refractivity contribution in [2.45, 2.75) is 18.2 Å². The van der Waals surface area contributed by atoms with Crippen LogP contribution in [0.15, 0.2) is 18.3 Å². The fraction of sp³-hybridized carbons (Fsp3) is 0.538. The third-order valence-electron chi connectivity index (χ3n) is 2.99. The van der Waals surface area contributed by atoms with Crippen LogP contribution in [0.2, 0.25) is 0 Å². The number of nitrogens with zero attached hydrogens (tertiary/aromatic N) is 2. The molecule has 1 aromatic heterocycles. The van der Waals surface area contributed by atoms with E-state index in [4.69, 9.17) is 4.74 Å². The smallest absolute Gasteiger partial charge is 0.238 e. The molecular weight excluding hydrogens is 310 g/mol. The van der Waals surface area contributed by atoms with Gasteiger partial charge < -0.3 is 15.0 Å². The second-order valence-electron chi connectivity index (χ2n) is 4.37. The van der Waals surface area contributed by atoms with E-state index in [0.717, 1.165) is 44.2 Å². The zero-order valence-corrected chi connectivity index (χ0v) is 12.5. The fourth-order valence-corrected chi connectivity index (χ4v) is 1.96. The lowest BCUT2D eigenvalue weighted by molar-refractivity contribution is -0.115. The van der Waals surface area contributed by atoms with Gasteiger partial charge in [0.2, 0.25) is 5.91 Å². The quantitative estimate of drug-likeness (QED) is 0.860. The van der Waals surface area contributed by atoms with Crippen molar-refractivity contribution in [2.24, 2.45) is 0 Å². The van der Waals surface area contributed by atoms with Gasteiger partial charge in [0, 0.05) is 13.1 Å². The van der Waals surface area contributed by atoms with E-state index in [0.29, 0.717) is 0 Å². The molecule has 1 saturated heterocycles. The predicted molar refractivity (Wildman–Crippen MR) is 78.9 cm³/mol. The zero-order chi connectivity index (χ0) is 13.7. The Kier molecular flexibility index (Phi) is 5.15. The number of halogens is 1. The van der Waals surface area contributed by atoms with Crippen LogP contribution in [-0.2, 0) is 9.53 Å². The molecule has 0 bridgehead atoms. The Balaban J connectivity index is 1.96. The average Bonchev–Trinajstić information content (AvgIpc) is 2.48. The Labute approximate surface area is 121 Å². The first-order chi connectivity index (χ1) is 9.20. The molecule has 104 valence electrons. The van der Waals surface area contributed by atoms with Crippen LogP contribution >= 0.6 is 15.9 Å². The van der Waals surface area contributed by atoms with Gasteiger partial charge in [-0.15, -0.1) is 0 Å². The molecular formula is C13H18BrN3O2. The summed E-state index contributed by atoms with van der Waals surface area (Å²) < 4.78 is 5.30. The van der Waals surface area contributed by atoms with Crippen LogP contribution in [0.3, 0.4) is 0 Å². The number of alkyl halides is 1. The van der Waals surface area contributed by atoms with Gasteiger partial charge in [-0.3, -0.25) is 4.79 Å². The van der Waals surface area contributed by atoms with Crippen LogP contribution < -0.4 is 10.2 Å². The van der Waals surface area contributed by atoms with Gasteiger partial charge in [-0.05, 0) is 18.6 Å². The van der Waals surface area contributed by atoms with Gasteiger partial charge in [-0.1, -0.05) is 22.9 Å². The first kappa shape index (κ1) is 14.3. The second kappa shape index (κ2) is 6.86. The maximum atomic E-state index is 11.7.